The topological polar surface area (TPSA) is 162 Å². The van der Waals surface area contributed by atoms with Gasteiger partial charge in [-0.15, -0.1) is 0 Å². The van der Waals surface area contributed by atoms with Gasteiger partial charge in [0.25, 0.3) is 0 Å². The van der Waals surface area contributed by atoms with Gasteiger partial charge < -0.3 is 40.9 Å². The van der Waals surface area contributed by atoms with Gasteiger partial charge in [-0.2, -0.15) is 0 Å². The van der Waals surface area contributed by atoms with E-state index in [2.05, 4.69) is 196 Å². The molecule has 8 N–H and O–H groups in total. The molecule has 0 aromatic heterocycles. The molecule has 0 spiro atoms. The predicted octanol–water partition coefficient (Wildman–Crippen LogP) is 18.2. The van der Waals surface area contributed by atoms with Crippen molar-refractivity contribution in [2.75, 3.05) is 0 Å². The molecular formula is C98H134O8. The molecule has 0 radical (unpaired) electrons. The van der Waals surface area contributed by atoms with Crippen molar-refractivity contribution >= 4 is 0 Å². The van der Waals surface area contributed by atoms with E-state index < -0.39 is 33.6 Å². The molecule has 574 valence electrons. The molecule has 12 aliphatic carbocycles. The highest BCUT2D eigenvalue weighted by atomic mass is 16.3. The monoisotopic (exact) mass is 1440 g/mol. The highest BCUT2D eigenvalue weighted by Gasteiger charge is 2.73. The van der Waals surface area contributed by atoms with Crippen molar-refractivity contribution in [1.82, 2.24) is 0 Å². The summed E-state index contributed by atoms with van der Waals surface area (Å²) in [6.07, 6.45) is 19.6. The third-order valence-corrected chi connectivity index (χ3v) is 35.7. The van der Waals surface area contributed by atoms with E-state index in [1.807, 2.05) is 86.6 Å². The Labute approximate surface area is 641 Å². The molecule has 0 amide bonds. The van der Waals surface area contributed by atoms with Gasteiger partial charge in [0.05, 0.1) is 12.2 Å². The number of benzene rings is 3. The molecule has 12 saturated carbocycles. The Kier molecular flexibility index (Phi) is 21.0. The number of aliphatic hydroxyl groups is 8. The van der Waals surface area contributed by atoms with Crippen LogP contribution in [0.2, 0.25) is 0 Å². The molecule has 12 fully saturated rings. The second-order valence-electron chi connectivity index (χ2n) is 40.9. The second kappa shape index (κ2) is 27.3. The Morgan fingerprint density at radius 1 is 0.264 bits per heavy atom. The molecule has 0 unspecified atom stereocenters. The van der Waals surface area contributed by atoms with Crippen LogP contribution in [0.3, 0.4) is 0 Å². The van der Waals surface area contributed by atoms with Crippen molar-refractivity contribution in [1.29, 1.82) is 0 Å². The van der Waals surface area contributed by atoms with Gasteiger partial charge in [-0.1, -0.05) is 210 Å². The summed E-state index contributed by atoms with van der Waals surface area (Å²) in [4.78, 5) is 0. The van der Waals surface area contributed by atoms with Gasteiger partial charge in [0, 0.05) is 65.9 Å². The van der Waals surface area contributed by atoms with E-state index in [9.17, 15) is 30.6 Å². The quantitative estimate of drug-likeness (QED) is 0.118. The van der Waals surface area contributed by atoms with Crippen LogP contribution in [-0.4, -0.2) is 86.7 Å². The molecule has 12 aliphatic rings. The van der Waals surface area contributed by atoms with Crippen LogP contribution < -0.4 is 0 Å². The normalized spacial score (nSPS) is 41.8. The summed E-state index contributed by atoms with van der Waals surface area (Å²) in [6, 6.07) is 23.8. The van der Waals surface area contributed by atoms with Gasteiger partial charge in [0.1, 0.15) is 33.6 Å². The van der Waals surface area contributed by atoms with E-state index in [0.29, 0.717) is 35.5 Å². The minimum Gasteiger partial charge on any atom is -0.393 e. The van der Waals surface area contributed by atoms with Crippen LogP contribution in [-0.2, 0) is 0 Å². The first-order chi connectivity index (χ1) is 48.9. The molecule has 3 aromatic carbocycles. The van der Waals surface area contributed by atoms with Crippen molar-refractivity contribution in [3.8, 4) is 71.0 Å². The summed E-state index contributed by atoms with van der Waals surface area (Å²) < 4.78 is 0. The number of aliphatic hydroxyl groups excluding tert-OH is 2. The fraction of sp³-hybridized carbons (Fsp3) is 0.694. The van der Waals surface area contributed by atoms with Crippen LogP contribution in [0.25, 0.3) is 0 Å². The lowest BCUT2D eigenvalue weighted by Crippen LogP contribution is -2.46. The number of hydrogen-bond acceptors (Lipinski definition) is 8. The van der Waals surface area contributed by atoms with E-state index >= 15 is 0 Å². The molecule has 12 bridgehead atoms. The molecule has 0 saturated heterocycles. The SMILES string of the molecule is CC1(C)[C@@H]2CC[C@@]1(C)[C@@](O)(C#Cc1ccc(C#C[C@@]3(O)C[C@H]4CC[C@]3(C)C4(C)C)cc1)C2.CC1(C)[C@@H]2CC[C@@]1(C)[C@@](O)(C#Cc1ccc(C#C[C@@]3(O)C[C@H]4CC[C@]3(C)C4(C)C)cc1)C2.CC1(C)[C@@H]2CC[C@@]1(C)[C@@](O)(C#Cc1ccc(C#C[C@@]3(O)C[C@H]4CC[C@]3(C)C4(C)C)cc1)C2.CC[C@H](C)O.CC[C@H](C)O. The van der Waals surface area contributed by atoms with Gasteiger partial charge in [-0.05, 0) is 283 Å². The zero-order chi connectivity index (χ0) is 78.2. The lowest BCUT2D eigenvalue weighted by Gasteiger charge is -2.42. The number of rotatable bonds is 2. The Morgan fingerprint density at radius 2 is 0.377 bits per heavy atom. The van der Waals surface area contributed by atoms with Crippen molar-refractivity contribution in [3.05, 3.63) is 106 Å². The Bertz CT molecular complexity index is 3530. The molecule has 8 nitrogen and oxygen atoms in total. The standard InChI is InChI=1S/3C30H38O2.2C4H10O/c3*1-25(2)23-13-15-27(25,5)29(31,19-23)17-11-21-7-9-22(10-8-21)12-18-30(32)20-24-14-16-28(30,6)26(24,3)4;2*1-3-4(2)5/h3*7-10,23-24,31-32H,13-16,19-20H2,1-6H3;2*4-5H,3H2,1-2H3/t3*23-,24-,27-,28-,29-,30-;2*4-/m11100/s1. The lowest BCUT2D eigenvalue weighted by molar-refractivity contribution is -0.0434. The van der Waals surface area contributed by atoms with Gasteiger partial charge >= 0.3 is 0 Å². The smallest absolute Gasteiger partial charge is 0.131 e. The minimum atomic E-state index is -0.912. The average Bonchev–Trinajstić information content (AvgIpc) is 1.58. The first kappa shape index (κ1) is 81.7. The maximum Gasteiger partial charge on any atom is 0.131 e. The maximum atomic E-state index is 11.4. The van der Waals surface area contributed by atoms with Crippen LogP contribution in [0.1, 0.15) is 314 Å². The van der Waals surface area contributed by atoms with Gasteiger partial charge in [0.2, 0.25) is 0 Å². The summed E-state index contributed by atoms with van der Waals surface area (Å²) in [7, 11) is 0. The van der Waals surface area contributed by atoms with Crippen molar-refractivity contribution in [2.45, 2.75) is 327 Å². The third kappa shape index (κ3) is 12.5. The predicted molar refractivity (Wildman–Crippen MR) is 430 cm³/mol. The van der Waals surface area contributed by atoms with Crippen LogP contribution >= 0.6 is 0 Å². The van der Waals surface area contributed by atoms with E-state index in [-0.39, 0.29) is 77.2 Å². The Balaban J connectivity index is 0.000000149. The number of fused-ring (bicyclic) bond motifs is 12. The largest absolute Gasteiger partial charge is 0.393 e. The molecule has 0 heterocycles. The summed E-state index contributed by atoms with van der Waals surface area (Å²) in [5.74, 6) is 42.4. The van der Waals surface area contributed by atoms with Crippen LogP contribution in [0.15, 0.2) is 72.8 Å². The van der Waals surface area contributed by atoms with E-state index in [0.717, 1.165) is 123 Å². The molecule has 0 aliphatic heterocycles. The summed E-state index contributed by atoms with van der Waals surface area (Å²) >= 11 is 0. The van der Waals surface area contributed by atoms with Gasteiger partial charge in [-0.3, -0.25) is 0 Å². The van der Waals surface area contributed by atoms with Crippen molar-refractivity contribution in [2.24, 2.45) is 100 Å². The highest BCUT2D eigenvalue weighted by molar-refractivity contribution is 5.50. The van der Waals surface area contributed by atoms with Crippen molar-refractivity contribution in [3.63, 3.8) is 0 Å². The summed E-state index contributed by atoms with van der Waals surface area (Å²) in [6.45, 7) is 48.3. The molecule has 20 atom stereocenters. The maximum absolute atomic E-state index is 11.4. The van der Waals surface area contributed by atoms with E-state index in [4.69, 9.17) is 10.2 Å². The van der Waals surface area contributed by atoms with Crippen LogP contribution in [0, 0.1) is 172 Å². The average molecular weight is 1440 g/mol. The van der Waals surface area contributed by atoms with Crippen LogP contribution in [0.4, 0.5) is 0 Å². The molecule has 15 rings (SSSR count). The van der Waals surface area contributed by atoms with Gasteiger partial charge in [0.15, 0.2) is 0 Å². The first-order valence-corrected chi connectivity index (χ1v) is 41.1. The third-order valence-electron chi connectivity index (χ3n) is 35.7. The molecular weight excluding hydrogens is 1310 g/mol. The second-order valence-corrected chi connectivity index (χ2v) is 40.9. The summed E-state index contributed by atoms with van der Waals surface area (Å²) in [5.41, 5.74) is -0.195. The Morgan fingerprint density at radius 3 is 0.453 bits per heavy atom. The van der Waals surface area contributed by atoms with Crippen LogP contribution in [0.5, 0.6) is 0 Å². The Hall–Kier alpha value is -5.30. The minimum absolute atomic E-state index is 0.116. The van der Waals surface area contributed by atoms with E-state index in [1.54, 1.807) is 13.8 Å². The molecule has 3 aromatic rings. The number of hydrogen-bond donors (Lipinski definition) is 8. The fourth-order valence-corrected chi connectivity index (χ4v) is 23.7. The molecule has 106 heavy (non-hydrogen) atoms. The fourth-order valence-electron chi connectivity index (χ4n) is 23.7. The van der Waals surface area contributed by atoms with E-state index in [1.165, 1.54) is 38.5 Å². The lowest BCUT2D eigenvalue weighted by atomic mass is 9.64. The molecule has 8 heteroatoms. The zero-order valence-electron chi connectivity index (χ0n) is 69.3. The van der Waals surface area contributed by atoms with Crippen molar-refractivity contribution < 1.29 is 40.9 Å². The first-order valence-electron chi connectivity index (χ1n) is 41.1. The highest BCUT2D eigenvalue weighted by Crippen LogP contribution is 2.75. The zero-order valence-corrected chi connectivity index (χ0v) is 69.3. The van der Waals surface area contributed by atoms with Gasteiger partial charge in [-0.25, -0.2) is 0 Å². The summed E-state index contributed by atoms with van der Waals surface area (Å²) in [5, 5.41) is 85.2.